The van der Waals surface area contributed by atoms with Gasteiger partial charge in [-0.1, -0.05) is 18.2 Å². The highest BCUT2D eigenvalue weighted by atomic mass is 16.6. The van der Waals surface area contributed by atoms with E-state index < -0.39 is 0 Å². The smallest absolute Gasteiger partial charge is 0.311 e. The number of esters is 1. The standard InChI is InChI=1S/C16H22O5/c1-18-9-8-15-14(16(17)19-2)10-13(21-15)11-20-12-6-4-3-5-7-12/h3-7,13-15H,8-11H2,1-2H3/t13-,14+,15-/m0/s1. The summed E-state index contributed by atoms with van der Waals surface area (Å²) in [4.78, 5) is 11.8. The predicted octanol–water partition coefficient (Wildman–Crippen LogP) is 2.05. The summed E-state index contributed by atoms with van der Waals surface area (Å²) in [5, 5.41) is 0. The van der Waals surface area contributed by atoms with Crippen molar-refractivity contribution in [2.45, 2.75) is 25.0 Å². The molecule has 1 saturated heterocycles. The predicted molar refractivity (Wildman–Crippen MR) is 77.2 cm³/mol. The molecule has 0 aromatic heterocycles. The molecule has 5 heteroatoms. The van der Waals surface area contributed by atoms with E-state index >= 15 is 0 Å². The first kappa shape index (κ1) is 15.8. The zero-order valence-corrected chi connectivity index (χ0v) is 12.5. The molecule has 1 heterocycles. The molecule has 0 spiro atoms. The van der Waals surface area contributed by atoms with Gasteiger partial charge in [-0.15, -0.1) is 0 Å². The normalized spacial score (nSPS) is 24.8. The summed E-state index contributed by atoms with van der Waals surface area (Å²) in [5.74, 6) is 0.337. The Kier molecular flexibility index (Phi) is 6.02. The molecule has 0 unspecified atom stereocenters. The molecular formula is C16H22O5. The lowest BCUT2D eigenvalue weighted by atomic mass is 9.97. The van der Waals surface area contributed by atoms with Gasteiger partial charge in [-0.2, -0.15) is 0 Å². The molecule has 0 bridgehead atoms. The second-order valence-corrected chi connectivity index (χ2v) is 5.07. The van der Waals surface area contributed by atoms with Crippen LogP contribution in [0, 0.1) is 5.92 Å². The highest BCUT2D eigenvalue weighted by molar-refractivity contribution is 5.73. The number of methoxy groups -OCH3 is 2. The Balaban J connectivity index is 1.88. The minimum atomic E-state index is -0.241. The number of carbonyl (C=O) groups is 1. The van der Waals surface area contributed by atoms with Crippen molar-refractivity contribution in [2.24, 2.45) is 5.92 Å². The molecule has 0 saturated carbocycles. The van der Waals surface area contributed by atoms with Gasteiger partial charge in [0.15, 0.2) is 0 Å². The number of para-hydroxylation sites is 1. The molecule has 5 nitrogen and oxygen atoms in total. The molecule has 116 valence electrons. The first-order valence-electron chi connectivity index (χ1n) is 7.14. The monoisotopic (exact) mass is 294 g/mol. The van der Waals surface area contributed by atoms with E-state index in [-0.39, 0.29) is 24.1 Å². The van der Waals surface area contributed by atoms with E-state index in [9.17, 15) is 4.79 Å². The third-order valence-corrected chi connectivity index (χ3v) is 3.62. The quantitative estimate of drug-likeness (QED) is 0.720. The maximum atomic E-state index is 11.8. The van der Waals surface area contributed by atoms with Crippen LogP contribution in [0.1, 0.15) is 12.8 Å². The number of carbonyl (C=O) groups excluding carboxylic acids is 1. The Bertz CT molecular complexity index is 434. The number of benzene rings is 1. The first-order chi connectivity index (χ1) is 10.2. The summed E-state index contributed by atoms with van der Waals surface area (Å²) in [5.41, 5.74) is 0. The van der Waals surface area contributed by atoms with Crippen LogP contribution in [-0.2, 0) is 19.0 Å². The van der Waals surface area contributed by atoms with Crippen LogP contribution in [0.5, 0.6) is 5.75 Å². The van der Waals surface area contributed by atoms with Crippen molar-refractivity contribution in [3.05, 3.63) is 30.3 Å². The molecule has 1 aliphatic heterocycles. The van der Waals surface area contributed by atoms with E-state index in [2.05, 4.69) is 0 Å². The Morgan fingerprint density at radius 2 is 2.05 bits per heavy atom. The first-order valence-corrected chi connectivity index (χ1v) is 7.14. The van der Waals surface area contributed by atoms with E-state index in [1.165, 1.54) is 7.11 Å². The van der Waals surface area contributed by atoms with Crippen molar-refractivity contribution in [1.29, 1.82) is 0 Å². The van der Waals surface area contributed by atoms with E-state index in [1.54, 1.807) is 7.11 Å². The van der Waals surface area contributed by atoms with Crippen LogP contribution in [0.4, 0.5) is 0 Å². The van der Waals surface area contributed by atoms with Crippen LogP contribution in [0.3, 0.4) is 0 Å². The lowest BCUT2D eigenvalue weighted by Crippen LogP contribution is -2.26. The Morgan fingerprint density at radius 3 is 2.71 bits per heavy atom. The van der Waals surface area contributed by atoms with Gasteiger partial charge < -0.3 is 18.9 Å². The zero-order valence-electron chi connectivity index (χ0n) is 12.5. The van der Waals surface area contributed by atoms with Gasteiger partial charge in [-0.05, 0) is 25.0 Å². The Morgan fingerprint density at radius 1 is 1.29 bits per heavy atom. The molecule has 1 aromatic rings. The fourth-order valence-corrected chi connectivity index (χ4v) is 2.55. The summed E-state index contributed by atoms with van der Waals surface area (Å²) in [6.45, 7) is 0.991. The molecule has 0 N–H and O–H groups in total. The molecule has 0 aliphatic carbocycles. The van der Waals surface area contributed by atoms with Crippen molar-refractivity contribution >= 4 is 5.97 Å². The van der Waals surface area contributed by atoms with Crippen LogP contribution in [-0.4, -0.2) is 45.6 Å². The molecule has 0 amide bonds. The Labute approximate surface area is 125 Å². The van der Waals surface area contributed by atoms with Gasteiger partial charge in [0.25, 0.3) is 0 Å². The molecule has 2 rings (SSSR count). The molecule has 21 heavy (non-hydrogen) atoms. The maximum Gasteiger partial charge on any atom is 0.311 e. The van der Waals surface area contributed by atoms with Gasteiger partial charge in [0.2, 0.25) is 0 Å². The number of rotatable bonds is 7. The van der Waals surface area contributed by atoms with Crippen molar-refractivity contribution in [3.63, 3.8) is 0 Å². The average molecular weight is 294 g/mol. The summed E-state index contributed by atoms with van der Waals surface area (Å²) >= 11 is 0. The molecule has 0 radical (unpaired) electrons. The summed E-state index contributed by atoms with van der Waals surface area (Å²) in [6.07, 6.45) is 1.03. The van der Waals surface area contributed by atoms with Crippen molar-refractivity contribution < 1.29 is 23.7 Å². The highest BCUT2D eigenvalue weighted by Crippen LogP contribution is 2.30. The minimum absolute atomic E-state index is 0.101. The van der Waals surface area contributed by atoms with Gasteiger partial charge in [0.05, 0.1) is 25.2 Å². The number of ether oxygens (including phenoxy) is 4. The largest absolute Gasteiger partial charge is 0.491 e. The third-order valence-electron chi connectivity index (χ3n) is 3.62. The van der Waals surface area contributed by atoms with Gasteiger partial charge >= 0.3 is 5.97 Å². The molecule has 1 fully saturated rings. The van der Waals surface area contributed by atoms with E-state index in [1.807, 2.05) is 30.3 Å². The summed E-state index contributed by atoms with van der Waals surface area (Å²) in [6, 6.07) is 9.57. The van der Waals surface area contributed by atoms with Gasteiger partial charge in [-0.3, -0.25) is 4.79 Å². The number of hydrogen-bond acceptors (Lipinski definition) is 5. The third kappa shape index (κ3) is 4.44. The van der Waals surface area contributed by atoms with Gasteiger partial charge in [-0.25, -0.2) is 0 Å². The Hall–Kier alpha value is -1.59. The minimum Gasteiger partial charge on any atom is -0.491 e. The zero-order chi connectivity index (χ0) is 15.1. The van der Waals surface area contributed by atoms with Gasteiger partial charge in [0, 0.05) is 13.7 Å². The van der Waals surface area contributed by atoms with Crippen molar-refractivity contribution in [3.8, 4) is 5.75 Å². The lowest BCUT2D eigenvalue weighted by Gasteiger charge is -2.16. The van der Waals surface area contributed by atoms with Crippen molar-refractivity contribution in [1.82, 2.24) is 0 Å². The SMILES string of the molecule is COCC[C@@H]1O[C@H](COc2ccccc2)C[C@H]1C(=O)OC. The van der Waals surface area contributed by atoms with Crippen LogP contribution < -0.4 is 4.74 Å². The van der Waals surface area contributed by atoms with Crippen LogP contribution in [0.2, 0.25) is 0 Å². The topological polar surface area (TPSA) is 54.0 Å². The average Bonchev–Trinajstić information content (AvgIpc) is 2.94. The van der Waals surface area contributed by atoms with Crippen LogP contribution in [0.15, 0.2) is 30.3 Å². The second kappa shape index (κ2) is 8.00. The van der Waals surface area contributed by atoms with Crippen molar-refractivity contribution in [2.75, 3.05) is 27.4 Å². The summed E-state index contributed by atoms with van der Waals surface area (Å²) < 4.78 is 21.5. The fourth-order valence-electron chi connectivity index (χ4n) is 2.55. The molecule has 1 aromatic carbocycles. The maximum absolute atomic E-state index is 11.8. The van der Waals surface area contributed by atoms with Crippen LogP contribution >= 0.6 is 0 Å². The highest BCUT2D eigenvalue weighted by Gasteiger charge is 2.40. The summed E-state index contributed by atoms with van der Waals surface area (Å²) in [7, 11) is 3.04. The second-order valence-electron chi connectivity index (χ2n) is 5.07. The number of hydrogen-bond donors (Lipinski definition) is 0. The van der Waals surface area contributed by atoms with E-state index in [4.69, 9.17) is 18.9 Å². The van der Waals surface area contributed by atoms with E-state index in [0.717, 1.165) is 5.75 Å². The van der Waals surface area contributed by atoms with Gasteiger partial charge in [0.1, 0.15) is 12.4 Å². The molecule has 3 atom stereocenters. The van der Waals surface area contributed by atoms with E-state index in [0.29, 0.717) is 26.1 Å². The molecule has 1 aliphatic rings. The van der Waals surface area contributed by atoms with Crippen LogP contribution in [0.25, 0.3) is 0 Å². The fraction of sp³-hybridized carbons (Fsp3) is 0.562. The molecular weight excluding hydrogens is 272 g/mol. The lowest BCUT2D eigenvalue weighted by molar-refractivity contribution is -0.147.